The standard InChI is InChI=1S/C43H34N2O8S2/c46-52-53-54-40-17-9-7-15-32(40)23-25-44-36-27-34(30-11-3-1-4-12-30)19-21-38(36)50-42(44)29-43-45(26-24-33-16-8-10-18-41(33)55(47,48)49)37-28-35(20-22-39(37)51-43)31-13-5-2-6-14-31/h1-22,27-29H,23-26H2,(H-,46,47,48,49)/p-1. The zero-order valence-corrected chi connectivity index (χ0v) is 30.9. The number of fused-ring (bicyclic) bond motifs is 2. The Morgan fingerprint density at radius 1 is 0.727 bits per heavy atom. The zero-order chi connectivity index (χ0) is 37.8. The van der Waals surface area contributed by atoms with Gasteiger partial charge in [-0.2, -0.15) is 8.90 Å². The molecule has 276 valence electrons. The first-order valence-corrected chi connectivity index (χ1v) is 19.6. The molecule has 0 amide bonds. The van der Waals surface area contributed by atoms with Gasteiger partial charge in [0.05, 0.1) is 22.6 Å². The molecule has 1 aliphatic rings. The van der Waals surface area contributed by atoms with Crippen LogP contribution < -0.4 is 19.5 Å². The Balaban J connectivity index is 1.22. The second-order valence-electron chi connectivity index (χ2n) is 12.8. The van der Waals surface area contributed by atoms with Crippen LogP contribution in [0.4, 0.5) is 5.69 Å². The van der Waals surface area contributed by atoms with Gasteiger partial charge in [-0.05, 0) is 70.1 Å². The summed E-state index contributed by atoms with van der Waals surface area (Å²) in [5, 5.41) is 14.2. The monoisotopic (exact) mass is 769 g/mol. The highest BCUT2D eigenvalue weighted by Gasteiger charge is 2.31. The van der Waals surface area contributed by atoms with Crippen molar-refractivity contribution in [3.63, 3.8) is 0 Å². The summed E-state index contributed by atoms with van der Waals surface area (Å²) in [6.07, 6.45) is 2.65. The first-order valence-electron chi connectivity index (χ1n) is 17.5. The number of benzene rings is 6. The molecule has 8 rings (SSSR count). The molecule has 0 fully saturated rings. The largest absolute Gasteiger partial charge is 0.744 e. The van der Waals surface area contributed by atoms with Gasteiger partial charge in [0.1, 0.15) is 16.2 Å². The molecule has 0 bridgehead atoms. The zero-order valence-electron chi connectivity index (χ0n) is 29.2. The average Bonchev–Trinajstić information content (AvgIpc) is 3.74. The van der Waals surface area contributed by atoms with Crippen molar-refractivity contribution in [3.05, 3.63) is 168 Å². The van der Waals surface area contributed by atoms with E-state index in [0.29, 0.717) is 48.2 Å². The molecule has 0 atom stereocenters. The fourth-order valence-electron chi connectivity index (χ4n) is 6.87. The minimum Gasteiger partial charge on any atom is -0.744 e. The first-order chi connectivity index (χ1) is 26.9. The van der Waals surface area contributed by atoms with E-state index < -0.39 is 10.1 Å². The molecule has 0 radical (unpaired) electrons. The van der Waals surface area contributed by atoms with Crippen LogP contribution in [0, 0.1) is 0 Å². The number of hydrogen-bond donors (Lipinski definition) is 0. The van der Waals surface area contributed by atoms with Crippen molar-refractivity contribution in [1.82, 2.24) is 0 Å². The number of aromatic nitrogens is 1. The first kappa shape index (κ1) is 36.3. The quantitative estimate of drug-likeness (QED) is 0.0376. The molecule has 1 aromatic heterocycles. The molecule has 0 spiro atoms. The summed E-state index contributed by atoms with van der Waals surface area (Å²) < 4.78 is 56.3. The highest BCUT2D eigenvalue weighted by Crippen LogP contribution is 2.42. The van der Waals surface area contributed by atoms with E-state index in [4.69, 9.17) is 9.15 Å². The SMILES string of the molecule is O=S(=O)([O-])c1ccccc1CC[n+]1c(C=C2Oc3ccc(-c4ccccc4)cc3N2CCc2ccccc2SOO[O-])oc2ccc(-c3ccccc3)cc21. The Labute approximate surface area is 322 Å². The van der Waals surface area contributed by atoms with Crippen molar-refractivity contribution in [2.45, 2.75) is 29.2 Å². The number of aryl methyl sites for hydroxylation is 2. The van der Waals surface area contributed by atoms with Gasteiger partial charge in [0.15, 0.2) is 12.3 Å². The highest BCUT2D eigenvalue weighted by molar-refractivity contribution is 7.94. The lowest BCUT2D eigenvalue weighted by molar-refractivity contribution is -0.777. The molecule has 0 saturated carbocycles. The van der Waals surface area contributed by atoms with E-state index in [1.54, 1.807) is 18.2 Å². The fraction of sp³-hybridized carbons (Fsp3) is 0.0930. The van der Waals surface area contributed by atoms with Crippen molar-refractivity contribution in [2.75, 3.05) is 11.4 Å². The Hall–Kier alpha value is -5.73. The van der Waals surface area contributed by atoms with E-state index >= 15 is 0 Å². The van der Waals surface area contributed by atoms with Gasteiger partial charge in [0.25, 0.3) is 5.52 Å². The number of oxazole rings is 1. The predicted molar refractivity (Wildman–Crippen MR) is 206 cm³/mol. The molecular weight excluding hydrogens is 737 g/mol. The third-order valence-corrected chi connectivity index (χ3v) is 11.1. The lowest BCUT2D eigenvalue weighted by Crippen LogP contribution is -2.37. The van der Waals surface area contributed by atoms with Crippen LogP contribution in [0.5, 0.6) is 5.75 Å². The summed E-state index contributed by atoms with van der Waals surface area (Å²) in [6, 6.07) is 46.0. The molecular formula is C43H33N2O8S2-. The van der Waals surface area contributed by atoms with Gasteiger partial charge in [0.2, 0.25) is 11.5 Å². The van der Waals surface area contributed by atoms with Gasteiger partial charge in [-0.15, -0.1) is 0 Å². The molecule has 0 N–H and O–H groups in total. The maximum atomic E-state index is 12.2. The van der Waals surface area contributed by atoms with Gasteiger partial charge < -0.3 is 23.9 Å². The van der Waals surface area contributed by atoms with Crippen LogP contribution in [0.3, 0.4) is 0 Å². The summed E-state index contributed by atoms with van der Waals surface area (Å²) in [6.45, 7) is 0.786. The number of rotatable bonds is 13. The van der Waals surface area contributed by atoms with E-state index in [-0.39, 0.29) is 11.3 Å². The Kier molecular flexibility index (Phi) is 10.5. The molecule has 1 aliphatic heterocycles. The van der Waals surface area contributed by atoms with Gasteiger partial charge in [-0.25, -0.2) is 8.42 Å². The number of nitrogens with zero attached hydrogens (tertiary/aromatic N) is 2. The molecule has 55 heavy (non-hydrogen) atoms. The molecule has 2 heterocycles. The third kappa shape index (κ3) is 7.91. The molecule has 0 saturated heterocycles. The van der Waals surface area contributed by atoms with Gasteiger partial charge in [-0.1, -0.05) is 109 Å². The fourth-order valence-corrected chi connectivity index (χ4v) is 8.11. The lowest BCUT2D eigenvalue weighted by atomic mass is 10.0. The topological polar surface area (TPSA) is 128 Å². The third-order valence-electron chi connectivity index (χ3n) is 9.50. The van der Waals surface area contributed by atoms with Crippen LogP contribution in [0.1, 0.15) is 17.0 Å². The van der Waals surface area contributed by atoms with Crippen molar-refractivity contribution in [2.24, 2.45) is 0 Å². The smallest absolute Gasteiger partial charge is 0.379 e. The van der Waals surface area contributed by atoms with E-state index in [9.17, 15) is 18.2 Å². The number of ether oxygens (including phenoxy) is 1. The maximum Gasteiger partial charge on any atom is 0.379 e. The van der Waals surface area contributed by atoms with Crippen LogP contribution >= 0.6 is 12.0 Å². The Morgan fingerprint density at radius 3 is 2.11 bits per heavy atom. The van der Waals surface area contributed by atoms with Crippen LogP contribution in [0.15, 0.2) is 166 Å². The molecule has 7 aromatic rings. The maximum absolute atomic E-state index is 12.2. The molecule has 0 unspecified atom stereocenters. The van der Waals surface area contributed by atoms with Crippen LogP contribution in [0.25, 0.3) is 39.4 Å². The second kappa shape index (κ2) is 15.9. The molecule has 10 nitrogen and oxygen atoms in total. The van der Waals surface area contributed by atoms with Crippen LogP contribution in [-0.2, 0) is 38.9 Å². The van der Waals surface area contributed by atoms with Gasteiger partial charge in [0, 0.05) is 23.9 Å². The Morgan fingerprint density at radius 2 is 1.38 bits per heavy atom. The van der Waals surface area contributed by atoms with E-state index in [1.165, 1.54) is 6.07 Å². The minimum absolute atomic E-state index is 0.242. The lowest BCUT2D eigenvalue weighted by Gasteiger charge is -2.19. The van der Waals surface area contributed by atoms with E-state index in [2.05, 4.69) is 32.5 Å². The summed E-state index contributed by atoms with van der Waals surface area (Å²) in [5.41, 5.74) is 7.71. The normalized spacial score (nSPS) is 13.3. The summed E-state index contributed by atoms with van der Waals surface area (Å²) in [4.78, 5) is 2.58. The van der Waals surface area contributed by atoms with Crippen molar-refractivity contribution in [1.29, 1.82) is 0 Å². The highest BCUT2D eigenvalue weighted by atomic mass is 32.2. The van der Waals surface area contributed by atoms with Crippen molar-refractivity contribution in [3.8, 4) is 28.0 Å². The Bertz CT molecular complexity index is 2610. The van der Waals surface area contributed by atoms with E-state index in [1.807, 2.05) is 114 Å². The predicted octanol–water partition coefficient (Wildman–Crippen LogP) is 7.87. The van der Waals surface area contributed by atoms with E-state index in [0.717, 1.165) is 56.0 Å². The van der Waals surface area contributed by atoms with Crippen LogP contribution in [0.2, 0.25) is 0 Å². The van der Waals surface area contributed by atoms with Crippen LogP contribution in [-0.4, -0.2) is 19.5 Å². The molecule has 6 aromatic carbocycles. The summed E-state index contributed by atoms with van der Waals surface area (Å²) >= 11 is 0.853. The minimum atomic E-state index is -4.69. The number of anilines is 1. The number of hydrogen-bond acceptors (Lipinski definition) is 10. The van der Waals surface area contributed by atoms with Gasteiger partial charge >= 0.3 is 5.89 Å². The summed E-state index contributed by atoms with van der Waals surface area (Å²) in [5.74, 6) is 1.65. The average molecular weight is 770 g/mol. The summed E-state index contributed by atoms with van der Waals surface area (Å²) in [7, 11) is -4.69. The van der Waals surface area contributed by atoms with Crippen molar-refractivity contribution < 1.29 is 41.3 Å². The van der Waals surface area contributed by atoms with Crippen molar-refractivity contribution >= 4 is 45.0 Å². The second-order valence-corrected chi connectivity index (χ2v) is 14.9. The molecule has 12 heteroatoms. The van der Waals surface area contributed by atoms with Gasteiger partial charge in [-0.3, -0.25) is 5.04 Å². The molecule has 0 aliphatic carbocycles.